The lowest BCUT2D eigenvalue weighted by molar-refractivity contribution is 0.0525. The van der Waals surface area contributed by atoms with Gasteiger partial charge in [-0.15, -0.1) is 0 Å². The Morgan fingerprint density at radius 2 is 0.703 bits per heavy atom. The van der Waals surface area contributed by atoms with Gasteiger partial charge < -0.3 is 31.1 Å². The minimum atomic E-state index is -1.39. The highest BCUT2D eigenvalue weighted by Gasteiger charge is 2.23. The van der Waals surface area contributed by atoms with E-state index >= 15 is 0 Å². The van der Waals surface area contributed by atoms with Crippen LogP contribution in [0.3, 0.4) is 0 Å². The number of carbonyl (C=O) groups is 4. The number of nitrogen functional groups attached to an aromatic ring is 1. The van der Waals surface area contributed by atoms with Gasteiger partial charge in [-0.05, 0) is 128 Å². The third-order valence-electron chi connectivity index (χ3n) is 11.6. The summed E-state index contributed by atoms with van der Waals surface area (Å²) in [5, 5.41) is 29.8. The number of aromatic carboxylic acids is 3. The molecule has 0 saturated heterocycles. The van der Waals surface area contributed by atoms with Gasteiger partial charge in [-0.2, -0.15) is 0 Å². The number of carbonyl (C=O) groups excluding carboxylic acids is 1. The van der Waals surface area contributed by atoms with Gasteiger partial charge >= 0.3 is 23.9 Å². The molecule has 0 saturated carbocycles. The number of carboxylic acid groups (broad SMARTS) is 3. The van der Waals surface area contributed by atoms with E-state index in [-0.39, 0.29) is 95.2 Å². The molecule has 0 radical (unpaired) electrons. The molecule has 0 fully saturated rings. The molecule has 4 aromatic heterocycles. The first-order chi connectivity index (χ1) is 43.1. The molecule has 0 unspecified atom stereocenters. The van der Waals surface area contributed by atoms with Crippen molar-refractivity contribution in [2.24, 2.45) is 0 Å². The molecule has 0 amide bonds. The second-order valence-corrected chi connectivity index (χ2v) is 18.8. The van der Waals surface area contributed by atoms with Gasteiger partial charge in [0.1, 0.15) is 102 Å². The predicted octanol–water partition coefficient (Wildman–Crippen LogP) is 16.9. The van der Waals surface area contributed by atoms with Crippen LogP contribution in [0.25, 0.3) is 45.0 Å². The van der Waals surface area contributed by atoms with E-state index in [1.807, 2.05) is 0 Å². The molecule has 0 atom stereocenters. The molecule has 0 aliphatic carbocycles. The molecule has 4 heterocycles. The van der Waals surface area contributed by atoms with Gasteiger partial charge in [0.25, 0.3) is 0 Å². The predicted molar refractivity (Wildman–Crippen MR) is 311 cm³/mol. The maximum atomic E-state index is 14.1. The van der Waals surface area contributed by atoms with Crippen LogP contribution in [-0.2, 0) is 4.74 Å². The van der Waals surface area contributed by atoms with Crippen molar-refractivity contribution in [3.63, 3.8) is 0 Å². The number of para-hydroxylation sites is 2. The van der Waals surface area contributed by atoms with Gasteiger partial charge in [-0.1, -0.05) is 46.9 Å². The zero-order chi connectivity index (χ0) is 67.0. The number of nitrogens with zero attached hydrogens (tertiary/aromatic N) is 4. The number of aromatic nitrogens is 4. The topological polar surface area (TPSA) is 228 Å². The SMILES string of the molecule is CCOC(=O)c1ccc(Cl)nc1-c1ccc(F)cc1F.Nc1c(F)cccc1F.O=C(O)c1ccc(Cl)nc1-c1ccc(F)cc1F.O=C(O)c1ccc(Cl)nc1-c1ccc(F)cc1F.O=C(O)c1ccc(Nc2c(F)cccc2F)nc1-c1ccc(F)cc1F. The van der Waals surface area contributed by atoms with Crippen LogP contribution in [0.1, 0.15) is 48.4 Å². The first-order valence-electron chi connectivity index (χ1n) is 25.2. The molecule has 91 heavy (non-hydrogen) atoms. The van der Waals surface area contributed by atoms with Crippen molar-refractivity contribution < 1.29 is 91.9 Å². The van der Waals surface area contributed by atoms with Crippen LogP contribution in [-0.4, -0.2) is 65.7 Å². The van der Waals surface area contributed by atoms with Crippen LogP contribution < -0.4 is 11.1 Å². The Balaban J connectivity index is 0.000000186. The molecule has 14 nitrogen and oxygen atoms in total. The van der Waals surface area contributed by atoms with Crippen molar-refractivity contribution in [2.75, 3.05) is 17.7 Å². The minimum absolute atomic E-state index is 0.0167. The van der Waals surface area contributed by atoms with Gasteiger partial charge in [-0.3, -0.25) is 0 Å². The highest BCUT2D eigenvalue weighted by Crippen LogP contribution is 2.32. The third kappa shape index (κ3) is 18.5. The maximum absolute atomic E-state index is 14.1. The third-order valence-corrected chi connectivity index (χ3v) is 12.3. The first kappa shape index (κ1) is 69.5. The molecule has 468 valence electrons. The standard InChI is InChI=1S/C18H10F4N2O2.C14H10ClF2NO2.2C12H6ClF2NO2.C6H5F2N/c19-9-4-5-10(14(22)8-9)16-11(18(25)26)6-7-15(23-16)24-17-12(20)2-1-3-13(17)21;1-2-20-14(19)10-5-6-12(15)18-13(10)9-4-3-8(16)7-11(9)17;2*13-10-4-3-8(12(17)18)11(16-10)7-2-1-6(14)5-9(7)15;7-4-2-1-3-5(8)6(4)9/h1-8H,(H,23,24)(H,25,26);3-7H,2H2,1H3;2*1-5H,(H,17,18);1-3H,9H2. The number of halogens is 15. The second kappa shape index (κ2) is 31.6. The van der Waals surface area contributed by atoms with E-state index in [1.54, 1.807) is 6.92 Å². The average molecular weight is 1330 g/mol. The van der Waals surface area contributed by atoms with Crippen LogP contribution >= 0.6 is 34.8 Å². The quantitative estimate of drug-likeness (QED) is 0.0351. The number of esters is 1. The Morgan fingerprint density at radius 1 is 0.407 bits per heavy atom. The monoisotopic (exact) mass is 1330 g/mol. The molecule has 10 aromatic rings. The molecule has 0 aliphatic rings. The number of hydrogen-bond acceptors (Lipinski definition) is 11. The van der Waals surface area contributed by atoms with Gasteiger partial charge in [0, 0.05) is 46.5 Å². The molecular weight excluding hydrogens is 1290 g/mol. The molecule has 6 N–H and O–H groups in total. The summed E-state index contributed by atoms with van der Waals surface area (Å²) in [6.45, 7) is 1.83. The van der Waals surface area contributed by atoms with E-state index in [0.717, 1.165) is 72.8 Å². The normalized spacial score (nSPS) is 10.4. The summed E-state index contributed by atoms with van der Waals surface area (Å²) in [6, 6.07) is 28.0. The number of nitrogens with one attached hydrogen (secondary N) is 1. The number of nitrogens with two attached hydrogens (primary N) is 1. The summed E-state index contributed by atoms with van der Waals surface area (Å²) in [7, 11) is 0. The van der Waals surface area contributed by atoms with Crippen molar-refractivity contribution in [3.8, 4) is 45.0 Å². The van der Waals surface area contributed by atoms with Gasteiger partial charge in [0.05, 0.1) is 51.6 Å². The summed E-state index contributed by atoms with van der Waals surface area (Å²) < 4.78 is 164. The van der Waals surface area contributed by atoms with Crippen LogP contribution in [0.2, 0.25) is 15.5 Å². The van der Waals surface area contributed by atoms with Crippen molar-refractivity contribution in [3.05, 3.63) is 265 Å². The van der Waals surface area contributed by atoms with Crippen LogP contribution in [0.5, 0.6) is 0 Å². The largest absolute Gasteiger partial charge is 0.478 e. The summed E-state index contributed by atoms with van der Waals surface area (Å²) in [5.41, 5.74) is 2.27. The molecular formula is C62H37Cl3F12N6O8. The number of carboxylic acids is 3. The summed E-state index contributed by atoms with van der Waals surface area (Å²) in [5.74, 6) is -14.6. The molecule has 10 rings (SSSR count). The number of anilines is 3. The first-order valence-corrected chi connectivity index (χ1v) is 26.3. The number of benzene rings is 6. The van der Waals surface area contributed by atoms with Crippen molar-refractivity contribution >= 4 is 75.9 Å². The number of pyridine rings is 4. The fourth-order valence-electron chi connectivity index (χ4n) is 7.53. The van der Waals surface area contributed by atoms with E-state index in [1.165, 1.54) is 60.7 Å². The fraction of sp³-hybridized carbons (Fsp3) is 0.0323. The number of hydrogen-bond donors (Lipinski definition) is 5. The molecule has 0 aliphatic heterocycles. The molecule has 0 spiro atoms. The zero-order valence-electron chi connectivity index (χ0n) is 45.6. The maximum Gasteiger partial charge on any atom is 0.340 e. The van der Waals surface area contributed by atoms with E-state index in [2.05, 4.69) is 25.3 Å². The van der Waals surface area contributed by atoms with Crippen molar-refractivity contribution in [1.29, 1.82) is 0 Å². The lowest BCUT2D eigenvalue weighted by Crippen LogP contribution is -2.08. The summed E-state index contributed by atoms with van der Waals surface area (Å²) in [4.78, 5) is 60.6. The summed E-state index contributed by atoms with van der Waals surface area (Å²) in [6.07, 6.45) is 0. The Bertz CT molecular complexity index is 4240. The fourth-order valence-corrected chi connectivity index (χ4v) is 7.97. The Morgan fingerprint density at radius 3 is 1.01 bits per heavy atom. The smallest absolute Gasteiger partial charge is 0.340 e. The molecule has 6 aromatic carbocycles. The zero-order valence-corrected chi connectivity index (χ0v) is 47.9. The van der Waals surface area contributed by atoms with Crippen LogP contribution in [0, 0.1) is 69.8 Å². The Labute approximate surface area is 520 Å². The Kier molecular flexibility index (Phi) is 24.1. The minimum Gasteiger partial charge on any atom is -0.478 e. The average Bonchev–Trinajstić information content (AvgIpc) is 1.14. The highest BCUT2D eigenvalue weighted by molar-refractivity contribution is 6.30. The van der Waals surface area contributed by atoms with E-state index < -0.39 is 105 Å². The number of ether oxygens (including phenoxy) is 1. The lowest BCUT2D eigenvalue weighted by atomic mass is 10.0. The van der Waals surface area contributed by atoms with Gasteiger partial charge in [-0.25, -0.2) is 91.8 Å². The van der Waals surface area contributed by atoms with Crippen molar-refractivity contribution in [1.82, 2.24) is 19.9 Å². The molecule has 29 heteroatoms. The molecule has 0 bridgehead atoms. The highest BCUT2D eigenvalue weighted by atomic mass is 35.5. The van der Waals surface area contributed by atoms with Crippen LogP contribution in [0.15, 0.2) is 158 Å². The number of rotatable bonds is 11. The van der Waals surface area contributed by atoms with E-state index in [9.17, 15) is 77.0 Å². The van der Waals surface area contributed by atoms with Gasteiger partial charge in [0.2, 0.25) is 0 Å². The van der Waals surface area contributed by atoms with Crippen molar-refractivity contribution in [2.45, 2.75) is 6.92 Å². The lowest BCUT2D eigenvalue weighted by Gasteiger charge is -2.12. The second-order valence-electron chi connectivity index (χ2n) is 17.7. The summed E-state index contributed by atoms with van der Waals surface area (Å²) >= 11 is 17.1. The van der Waals surface area contributed by atoms with E-state index in [4.69, 9.17) is 55.5 Å². The van der Waals surface area contributed by atoms with Crippen LogP contribution in [0.4, 0.5) is 69.9 Å². The van der Waals surface area contributed by atoms with E-state index in [0.29, 0.717) is 24.3 Å². The Hall–Kier alpha value is -10.6. The van der Waals surface area contributed by atoms with Gasteiger partial charge in [0.15, 0.2) is 0 Å².